The van der Waals surface area contributed by atoms with Gasteiger partial charge in [0.05, 0.1) is 20.4 Å². The summed E-state index contributed by atoms with van der Waals surface area (Å²) >= 11 is 0. The first-order chi connectivity index (χ1) is 14.4. The number of hydrogen-bond donors (Lipinski definition) is 1. The predicted molar refractivity (Wildman–Crippen MR) is 114 cm³/mol. The van der Waals surface area contributed by atoms with E-state index in [1.165, 1.54) is 0 Å². The number of nitrogens with zero attached hydrogens (tertiary/aromatic N) is 2. The van der Waals surface area contributed by atoms with Crippen molar-refractivity contribution >= 4 is 11.4 Å². The average molecular weight is 409 g/mol. The SMILES string of the molecule is COc1ccc(-c2cc(O[C@H](C)[C@H]3CNC(=O)C3)c3c(C)cnn3c2C)cc1OC. The van der Waals surface area contributed by atoms with Gasteiger partial charge in [-0.05, 0) is 50.1 Å². The summed E-state index contributed by atoms with van der Waals surface area (Å²) in [5.41, 5.74) is 4.97. The van der Waals surface area contributed by atoms with Crippen LogP contribution in [0.1, 0.15) is 24.6 Å². The molecule has 0 aliphatic carbocycles. The lowest BCUT2D eigenvalue weighted by molar-refractivity contribution is -0.119. The first kappa shape index (κ1) is 20.1. The quantitative estimate of drug-likeness (QED) is 0.674. The zero-order valence-electron chi connectivity index (χ0n) is 18.0. The Bertz CT molecular complexity index is 1110. The Labute approximate surface area is 175 Å². The summed E-state index contributed by atoms with van der Waals surface area (Å²) in [7, 11) is 3.25. The highest BCUT2D eigenvalue weighted by molar-refractivity contribution is 5.79. The third-order valence-corrected chi connectivity index (χ3v) is 5.85. The number of hydrogen-bond acceptors (Lipinski definition) is 5. The van der Waals surface area contributed by atoms with Crippen LogP contribution < -0.4 is 19.5 Å². The maximum Gasteiger partial charge on any atom is 0.220 e. The van der Waals surface area contributed by atoms with Gasteiger partial charge in [-0.1, -0.05) is 6.07 Å². The third-order valence-electron chi connectivity index (χ3n) is 5.85. The van der Waals surface area contributed by atoms with Crippen molar-refractivity contribution in [2.75, 3.05) is 20.8 Å². The van der Waals surface area contributed by atoms with Crippen molar-refractivity contribution in [3.63, 3.8) is 0 Å². The van der Waals surface area contributed by atoms with Gasteiger partial charge in [0.15, 0.2) is 11.5 Å². The van der Waals surface area contributed by atoms with Crippen LogP contribution in [-0.2, 0) is 4.79 Å². The van der Waals surface area contributed by atoms with Crippen LogP contribution in [0.4, 0.5) is 0 Å². The number of fused-ring (bicyclic) bond motifs is 1. The van der Waals surface area contributed by atoms with Crippen molar-refractivity contribution in [3.05, 3.63) is 41.7 Å². The highest BCUT2D eigenvalue weighted by Gasteiger charge is 2.29. The minimum Gasteiger partial charge on any atom is -0.493 e. The topological polar surface area (TPSA) is 74.1 Å². The molecule has 0 bridgehead atoms. The molecule has 7 heteroatoms. The standard InChI is InChI=1S/C23H27N3O4/c1-13-11-25-26-14(2)18(16-6-7-19(28-4)20(8-16)29-5)10-21(23(13)26)30-15(3)17-9-22(27)24-12-17/h6-8,10-11,15,17H,9,12H2,1-5H3,(H,24,27)/t15-,17-/m1/s1. The summed E-state index contributed by atoms with van der Waals surface area (Å²) < 4.78 is 19.2. The van der Waals surface area contributed by atoms with Gasteiger partial charge in [0.1, 0.15) is 17.4 Å². The number of pyridine rings is 1. The molecule has 3 heterocycles. The second-order valence-corrected chi connectivity index (χ2v) is 7.76. The number of benzene rings is 1. The van der Waals surface area contributed by atoms with Crippen molar-refractivity contribution < 1.29 is 19.0 Å². The molecule has 1 aromatic carbocycles. The zero-order chi connectivity index (χ0) is 21.4. The molecule has 1 N–H and O–H groups in total. The molecule has 1 amide bonds. The van der Waals surface area contributed by atoms with Crippen LogP contribution in [0.25, 0.3) is 16.6 Å². The van der Waals surface area contributed by atoms with Crippen LogP contribution in [0.15, 0.2) is 30.5 Å². The molecule has 1 fully saturated rings. The lowest BCUT2D eigenvalue weighted by Gasteiger charge is -2.22. The minimum atomic E-state index is -0.108. The van der Waals surface area contributed by atoms with E-state index in [0.717, 1.165) is 33.7 Å². The van der Waals surface area contributed by atoms with Gasteiger partial charge in [0, 0.05) is 30.1 Å². The molecule has 0 saturated carbocycles. The molecule has 158 valence electrons. The summed E-state index contributed by atoms with van der Waals surface area (Å²) in [6.45, 7) is 6.72. The molecule has 0 unspecified atom stereocenters. The number of ether oxygens (including phenoxy) is 3. The van der Waals surface area contributed by atoms with Gasteiger partial charge in [-0.15, -0.1) is 0 Å². The van der Waals surface area contributed by atoms with E-state index in [0.29, 0.717) is 24.5 Å². The van der Waals surface area contributed by atoms with Gasteiger partial charge in [-0.3, -0.25) is 4.79 Å². The monoisotopic (exact) mass is 409 g/mol. The molecule has 2 aromatic heterocycles. The molecule has 0 spiro atoms. The van der Waals surface area contributed by atoms with E-state index in [4.69, 9.17) is 14.2 Å². The first-order valence-corrected chi connectivity index (χ1v) is 10.1. The maximum atomic E-state index is 11.6. The number of methoxy groups -OCH3 is 2. The Kier molecular flexibility index (Phi) is 5.28. The Hall–Kier alpha value is -3.22. The van der Waals surface area contributed by atoms with Gasteiger partial charge in [-0.2, -0.15) is 5.10 Å². The molecule has 2 atom stereocenters. The molecular weight excluding hydrogens is 382 g/mol. The molecular formula is C23H27N3O4. The second kappa shape index (κ2) is 7.89. The summed E-state index contributed by atoms with van der Waals surface area (Å²) in [5.74, 6) is 2.32. The fourth-order valence-electron chi connectivity index (χ4n) is 4.04. The third kappa shape index (κ3) is 3.44. The first-order valence-electron chi connectivity index (χ1n) is 10.1. The Morgan fingerprint density at radius 3 is 2.57 bits per heavy atom. The number of amides is 1. The fraction of sp³-hybridized carbons (Fsp3) is 0.391. The Morgan fingerprint density at radius 1 is 1.13 bits per heavy atom. The molecule has 4 rings (SSSR count). The lowest BCUT2D eigenvalue weighted by atomic mass is 10.0. The average Bonchev–Trinajstić information content (AvgIpc) is 3.36. The Morgan fingerprint density at radius 2 is 1.90 bits per heavy atom. The molecule has 1 aliphatic rings. The number of carbonyl (C=O) groups excluding carboxylic acids is 1. The summed E-state index contributed by atoms with van der Waals surface area (Å²) in [4.78, 5) is 11.6. The van der Waals surface area contributed by atoms with Crippen molar-refractivity contribution in [2.24, 2.45) is 5.92 Å². The highest BCUT2D eigenvalue weighted by atomic mass is 16.5. The molecule has 3 aromatic rings. The van der Waals surface area contributed by atoms with E-state index >= 15 is 0 Å². The maximum absolute atomic E-state index is 11.6. The van der Waals surface area contributed by atoms with Crippen LogP contribution in [0, 0.1) is 19.8 Å². The number of nitrogens with one attached hydrogen (secondary N) is 1. The van der Waals surface area contributed by atoms with E-state index < -0.39 is 0 Å². The number of carbonyl (C=O) groups is 1. The van der Waals surface area contributed by atoms with Gasteiger partial charge in [0.25, 0.3) is 0 Å². The zero-order valence-corrected chi connectivity index (χ0v) is 18.0. The van der Waals surface area contributed by atoms with Crippen molar-refractivity contribution in [1.29, 1.82) is 0 Å². The van der Waals surface area contributed by atoms with Crippen molar-refractivity contribution in [1.82, 2.24) is 14.9 Å². The fourth-order valence-corrected chi connectivity index (χ4v) is 4.04. The van der Waals surface area contributed by atoms with Gasteiger partial charge in [-0.25, -0.2) is 4.52 Å². The highest BCUT2D eigenvalue weighted by Crippen LogP contribution is 2.37. The van der Waals surface area contributed by atoms with Crippen LogP contribution in [-0.4, -0.2) is 42.4 Å². The number of aryl methyl sites for hydroxylation is 2. The van der Waals surface area contributed by atoms with Crippen LogP contribution >= 0.6 is 0 Å². The summed E-state index contributed by atoms with van der Waals surface area (Å²) in [6, 6.07) is 7.90. The van der Waals surface area contributed by atoms with Gasteiger partial charge >= 0.3 is 0 Å². The molecule has 7 nitrogen and oxygen atoms in total. The van der Waals surface area contributed by atoms with E-state index in [2.05, 4.69) is 16.5 Å². The van der Waals surface area contributed by atoms with E-state index in [1.807, 2.05) is 49.7 Å². The van der Waals surface area contributed by atoms with E-state index in [1.54, 1.807) is 14.2 Å². The molecule has 0 radical (unpaired) electrons. The van der Waals surface area contributed by atoms with Gasteiger partial charge in [0.2, 0.25) is 5.91 Å². The van der Waals surface area contributed by atoms with Crippen molar-refractivity contribution in [2.45, 2.75) is 33.3 Å². The minimum absolute atomic E-state index is 0.0797. The second-order valence-electron chi connectivity index (χ2n) is 7.76. The molecule has 30 heavy (non-hydrogen) atoms. The summed E-state index contributed by atoms with van der Waals surface area (Å²) in [5, 5.41) is 7.46. The van der Waals surface area contributed by atoms with E-state index in [-0.39, 0.29) is 17.9 Å². The lowest BCUT2D eigenvalue weighted by Crippen LogP contribution is -2.26. The van der Waals surface area contributed by atoms with Crippen LogP contribution in [0.3, 0.4) is 0 Å². The van der Waals surface area contributed by atoms with E-state index in [9.17, 15) is 4.79 Å². The number of rotatable bonds is 6. The summed E-state index contributed by atoms with van der Waals surface area (Å²) in [6.07, 6.45) is 2.23. The number of aromatic nitrogens is 2. The normalized spacial score (nSPS) is 17.1. The van der Waals surface area contributed by atoms with Crippen LogP contribution in [0.2, 0.25) is 0 Å². The van der Waals surface area contributed by atoms with Crippen LogP contribution in [0.5, 0.6) is 17.2 Å². The van der Waals surface area contributed by atoms with Crippen molar-refractivity contribution in [3.8, 4) is 28.4 Å². The molecule has 1 aliphatic heterocycles. The smallest absolute Gasteiger partial charge is 0.220 e. The predicted octanol–water partition coefficient (Wildman–Crippen LogP) is 3.54. The van der Waals surface area contributed by atoms with Gasteiger partial charge < -0.3 is 19.5 Å². The molecule has 1 saturated heterocycles. The Balaban J connectivity index is 1.80. The largest absolute Gasteiger partial charge is 0.493 e.